The molecule has 1 heterocycles. The highest BCUT2D eigenvalue weighted by atomic mass is 35.5. The lowest BCUT2D eigenvalue weighted by Gasteiger charge is -2.03. The Morgan fingerprint density at radius 1 is 1.22 bits per heavy atom. The number of rotatable bonds is 3. The predicted molar refractivity (Wildman–Crippen MR) is 63.6 cm³/mol. The molecule has 0 saturated heterocycles. The van der Waals surface area contributed by atoms with E-state index in [1.165, 1.54) is 18.3 Å². The summed E-state index contributed by atoms with van der Waals surface area (Å²) in [6.07, 6.45) is 2.09. The normalized spacial score (nSPS) is 10.4. The minimum Gasteiger partial charge on any atom is -0.294 e. The average molecular weight is 268 g/mol. The summed E-state index contributed by atoms with van der Waals surface area (Å²) in [7, 11) is 0. The van der Waals surface area contributed by atoms with Crippen LogP contribution in [0, 0.1) is 11.6 Å². The maximum absolute atomic E-state index is 13.5. The van der Waals surface area contributed by atoms with Crippen LogP contribution in [0.15, 0.2) is 36.7 Å². The number of benzene rings is 1. The number of aromatic nitrogens is 1. The third-order valence-corrected chi connectivity index (χ3v) is 2.63. The largest absolute Gasteiger partial charge is 0.294 e. The molecule has 0 saturated carbocycles. The van der Waals surface area contributed by atoms with Crippen LogP contribution >= 0.6 is 11.6 Å². The monoisotopic (exact) mass is 267 g/mol. The van der Waals surface area contributed by atoms with Crippen molar-refractivity contribution in [1.82, 2.24) is 4.98 Å². The van der Waals surface area contributed by atoms with Gasteiger partial charge in [0.15, 0.2) is 5.78 Å². The number of ketones is 1. The summed E-state index contributed by atoms with van der Waals surface area (Å²) < 4.78 is 26.4. The third-order valence-electron chi connectivity index (χ3n) is 2.39. The summed E-state index contributed by atoms with van der Waals surface area (Å²) in [6.45, 7) is 0. The topological polar surface area (TPSA) is 30.0 Å². The van der Waals surface area contributed by atoms with Crippen molar-refractivity contribution in [2.24, 2.45) is 0 Å². The summed E-state index contributed by atoms with van der Waals surface area (Å²) in [6, 6.07) is 5.14. The van der Waals surface area contributed by atoms with Crippen LogP contribution in [0.25, 0.3) is 0 Å². The maximum atomic E-state index is 13.5. The highest BCUT2D eigenvalue weighted by molar-refractivity contribution is 6.30. The number of hydrogen-bond acceptors (Lipinski definition) is 2. The van der Waals surface area contributed by atoms with Crippen molar-refractivity contribution in [3.8, 4) is 0 Å². The van der Waals surface area contributed by atoms with Gasteiger partial charge in [0.25, 0.3) is 0 Å². The van der Waals surface area contributed by atoms with Gasteiger partial charge in [0.05, 0.1) is 6.20 Å². The van der Waals surface area contributed by atoms with Gasteiger partial charge in [-0.1, -0.05) is 17.7 Å². The van der Waals surface area contributed by atoms with Crippen LogP contribution in [-0.4, -0.2) is 10.8 Å². The Balaban J connectivity index is 2.21. The molecule has 18 heavy (non-hydrogen) atoms. The highest BCUT2D eigenvalue weighted by Gasteiger charge is 2.11. The first-order valence-electron chi connectivity index (χ1n) is 5.14. The molecule has 0 atom stereocenters. The molecule has 0 unspecified atom stereocenters. The summed E-state index contributed by atoms with van der Waals surface area (Å²) in [5.41, 5.74) is 0.331. The van der Waals surface area contributed by atoms with E-state index < -0.39 is 17.4 Å². The van der Waals surface area contributed by atoms with Crippen LogP contribution in [0.2, 0.25) is 5.02 Å². The highest BCUT2D eigenvalue weighted by Crippen LogP contribution is 2.16. The first-order valence-corrected chi connectivity index (χ1v) is 5.52. The molecule has 2 nitrogen and oxygen atoms in total. The molecule has 0 amide bonds. The number of pyridine rings is 1. The average Bonchev–Trinajstić information content (AvgIpc) is 2.32. The maximum Gasteiger partial charge on any atom is 0.168 e. The van der Waals surface area contributed by atoms with Crippen molar-refractivity contribution in [2.45, 2.75) is 6.42 Å². The van der Waals surface area contributed by atoms with Crippen LogP contribution < -0.4 is 0 Å². The third kappa shape index (κ3) is 2.90. The van der Waals surface area contributed by atoms with E-state index >= 15 is 0 Å². The molecule has 92 valence electrons. The number of halogens is 3. The minimum atomic E-state index is -0.600. The van der Waals surface area contributed by atoms with Crippen LogP contribution in [0.3, 0.4) is 0 Å². The fourth-order valence-electron chi connectivity index (χ4n) is 1.50. The van der Waals surface area contributed by atoms with Crippen LogP contribution in [0.4, 0.5) is 8.78 Å². The van der Waals surface area contributed by atoms with Crippen LogP contribution in [0.5, 0.6) is 0 Å². The van der Waals surface area contributed by atoms with Gasteiger partial charge in [-0.25, -0.2) is 8.78 Å². The summed E-state index contributed by atoms with van der Waals surface area (Å²) in [5, 5.41) is 0.260. The molecule has 1 aromatic heterocycles. The van der Waals surface area contributed by atoms with E-state index in [1.54, 1.807) is 0 Å². The van der Waals surface area contributed by atoms with E-state index in [4.69, 9.17) is 11.6 Å². The van der Waals surface area contributed by atoms with Crippen LogP contribution in [0.1, 0.15) is 15.9 Å². The molecule has 1 aromatic carbocycles. The van der Waals surface area contributed by atoms with Crippen molar-refractivity contribution in [2.75, 3.05) is 0 Å². The fraction of sp³-hybridized carbons (Fsp3) is 0.0769. The molecule has 0 aliphatic heterocycles. The zero-order valence-electron chi connectivity index (χ0n) is 9.16. The molecule has 0 spiro atoms. The van der Waals surface area contributed by atoms with Gasteiger partial charge in [0.2, 0.25) is 0 Å². The molecule has 5 heteroatoms. The Morgan fingerprint density at radius 3 is 2.67 bits per heavy atom. The number of hydrogen-bond donors (Lipinski definition) is 0. The first-order chi connectivity index (χ1) is 8.56. The Bertz CT molecular complexity index is 601. The van der Waals surface area contributed by atoms with E-state index in [0.29, 0.717) is 0 Å². The second kappa shape index (κ2) is 5.23. The van der Waals surface area contributed by atoms with Crippen LogP contribution in [-0.2, 0) is 6.42 Å². The van der Waals surface area contributed by atoms with E-state index in [-0.39, 0.29) is 22.6 Å². The van der Waals surface area contributed by atoms with Gasteiger partial charge in [-0.2, -0.15) is 0 Å². The molecular formula is C13H8ClF2NO. The minimum absolute atomic E-state index is 0.115. The zero-order chi connectivity index (χ0) is 13.1. The van der Waals surface area contributed by atoms with Gasteiger partial charge in [0, 0.05) is 23.2 Å². The zero-order valence-corrected chi connectivity index (χ0v) is 9.92. The lowest BCUT2D eigenvalue weighted by atomic mass is 10.0. The summed E-state index contributed by atoms with van der Waals surface area (Å²) >= 11 is 5.61. The number of carbonyl (C=O) groups excluding carboxylic acids is 1. The smallest absolute Gasteiger partial charge is 0.168 e. The van der Waals surface area contributed by atoms with E-state index in [9.17, 15) is 13.6 Å². The van der Waals surface area contributed by atoms with Crippen molar-refractivity contribution >= 4 is 17.4 Å². The molecule has 0 N–H and O–H groups in total. The SMILES string of the molecule is O=C(Cc1ccc(Cl)cc1F)c1cncc(F)c1. The number of nitrogens with zero attached hydrogens (tertiary/aromatic N) is 1. The quantitative estimate of drug-likeness (QED) is 0.798. The summed E-state index contributed by atoms with van der Waals surface area (Å²) in [5.74, 6) is -1.55. The second-order valence-electron chi connectivity index (χ2n) is 3.73. The van der Waals surface area contributed by atoms with Crippen molar-refractivity contribution in [1.29, 1.82) is 0 Å². The van der Waals surface area contributed by atoms with Gasteiger partial charge >= 0.3 is 0 Å². The van der Waals surface area contributed by atoms with Gasteiger partial charge in [0.1, 0.15) is 11.6 Å². The molecule has 0 bridgehead atoms. The Labute approximate surface area is 107 Å². The Kier molecular flexibility index (Phi) is 3.67. The van der Waals surface area contributed by atoms with Crippen molar-refractivity contribution in [3.05, 3.63) is 64.4 Å². The fourth-order valence-corrected chi connectivity index (χ4v) is 1.66. The number of carbonyl (C=O) groups is 1. The molecule has 0 radical (unpaired) electrons. The molecule has 0 aliphatic carbocycles. The van der Waals surface area contributed by atoms with E-state index in [2.05, 4.69) is 4.98 Å². The van der Waals surface area contributed by atoms with Gasteiger partial charge < -0.3 is 0 Å². The van der Waals surface area contributed by atoms with Gasteiger partial charge in [-0.3, -0.25) is 9.78 Å². The molecule has 2 rings (SSSR count). The standard InChI is InChI=1S/C13H8ClF2NO/c14-10-2-1-8(12(16)5-10)4-13(18)9-3-11(15)7-17-6-9/h1-3,5-7H,4H2. The lowest BCUT2D eigenvalue weighted by Crippen LogP contribution is -2.06. The number of Topliss-reactive ketones (excluding diaryl/α,β-unsaturated/α-hetero) is 1. The van der Waals surface area contributed by atoms with Gasteiger partial charge in [-0.15, -0.1) is 0 Å². The molecule has 0 fully saturated rings. The van der Waals surface area contributed by atoms with E-state index in [1.807, 2.05) is 0 Å². The Morgan fingerprint density at radius 2 is 2.00 bits per heavy atom. The molecule has 2 aromatic rings. The molecule has 0 aliphatic rings. The van der Waals surface area contributed by atoms with Crippen molar-refractivity contribution in [3.63, 3.8) is 0 Å². The van der Waals surface area contributed by atoms with Gasteiger partial charge in [-0.05, 0) is 23.8 Å². The first kappa shape index (κ1) is 12.6. The van der Waals surface area contributed by atoms with Crippen molar-refractivity contribution < 1.29 is 13.6 Å². The second-order valence-corrected chi connectivity index (χ2v) is 4.16. The Hall–Kier alpha value is -1.81. The lowest BCUT2D eigenvalue weighted by molar-refractivity contribution is 0.0991. The van der Waals surface area contributed by atoms with E-state index in [0.717, 1.165) is 18.3 Å². The molecular weight excluding hydrogens is 260 g/mol. The predicted octanol–water partition coefficient (Wildman–Crippen LogP) is 3.44. The summed E-state index contributed by atoms with van der Waals surface area (Å²) in [4.78, 5) is 15.4.